The van der Waals surface area contributed by atoms with Gasteiger partial charge in [-0.05, 0) is 6.07 Å². The molecule has 0 radical (unpaired) electrons. The van der Waals surface area contributed by atoms with Crippen molar-refractivity contribution in [2.45, 2.75) is 21.5 Å². The molecule has 4 atom stereocenters. The fourth-order valence-electron chi connectivity index (χ4n) is 4.29. The van der Waals surface area contributed by atoms with Crippen LogP contribution in [0, 0.1) is 5.82 Å². The van der Waals surface area contributed by atoms with Gasteiger partial charge in [-0.3, -0.25) is 19.0 Å². The summed E-state index contributed by atoms with van der Waals surface area (Å²) in [4.78, 5) is 50.7. The Balaban J connectivity index is 0.00000267. The zero-order valence-corrected chi connectivity index (χ0v) is 23.1. The van der Waals surface area contributed by atoms with Gasteiger partial charge in [-0.15, -0.1) is 5.10 Å². The van der Waals surface area contributed by atoms with Gasteiger partial charge < -0.3 is 33.3 Å². The van der Waals surface area contributed by atoms with Gasteiger partial charge in [0.1, 0.15) is 23.0 Å². The third kappa shape index (κ3) is 4.96. The first-order valence-corrected chi connectivity index (χ1v) is 12.7. The molecule has 20 heteroatoms. The van der Waals surface area contributed by atoms with Crippen LogP contribution in [0.25, 0.3) is 0 Å². The van der Waals surface area contributed by atoms with Crippen LogP contribution in [0.4, 0.5) is 9.18 Å². The Bertz CT molecular complexity index is 1350. The number of aliphatic carboxylic acids is 1. The number of hydrazone groups is 1. The van der Waals surface area contributed by atoms with Crippen LogP contribution in [0.3, 0.4) is 0 Å². The Morgan fingerprint density at radius 3 is 2.50 bits per heavy atom. The third-order valence-corrected chi connectivity index (χ3v) is 8.68. The van der Waals surface area contributed by atoms with Gasteiger partial charge in [0.15, 0.2) is 5.25 Å². The molecule has 3 fully saturated rings. The largest absolute Gasteiger partial charge is 1.00 e. The van der Waals surface area contributed by atoms with E-state index in [0.29, 0.717) is 17.8 Å². The smallest absolute Gasteiger partial charge is 1.00 e. The summed E-state index contributed by atoms with van der Waals surface area (Å²) in [6.07, 6.45) is 0. The summed E-state index contributed by atoms with van der Waals surface area (Å²) in [5, 5.41) is 22.4. The van der Waals surface area contributed by atoms with Gasteiger partial charge in [-0.1, -0.05) is 17.8 Å². The van der Waals surface area contributed by atoms with E-state index < -0.39 is 85.1 Å². The summed E-state index contributed by atoms with van der Waals surface area (Å²) in [7, 11) is -5.25. The molecule has 4 amide bonds. The second-order valence-electron chi connectivity index (χ2n) is 8.23. The zero-order valence-electron chi connectivity index (χ0n) is 20.5. The van der Waals surface area contributed by atoms with E-state index in [-0.39, 0.29) is 44.1 Å². The van der Waals surface area contributed by atoms with E-state index in [1.165, 1.54) is 0 Å². The number of guanidine groups is 1. The SMILES string of the molecule is NC(N)=NN1CCN([C@]2(C(=O)O)CN3C(=O)[C@@H](NC(=O)C(c4ccc(O)cc4F)S(=O)(=O)O)[C@H]3S2)C1=O.[H-].[Na+]. The monoisotopic (exact) mass is 585 g/mol. The second kappa shape index (κ2) is 10.4. The van der Waals surface area contributed by atoms with E-state index in [2.05, 4.69) is 10.4 Å². The molecule has 1 aromatic rings. The van der Waals surface area contributed by atoms with Crippen LogP contribution in [-0.4, -0.2) is 104 Å². The number of β-lactam (4-membered cyclic amide) rings is 1. The molecule has 3 aliphatic heterocycles. The molecule has 1 aromatic carbocycles. The Morgan fingerprint density at radius 1 is 1.29 bits per heavy atom. The van der Waals surface area contributed by atoms with Crippen molar-refractivity contribution in [2.75, 3.05) is 19.6 Å². The molecular formula is C18H21FN7NaO9S2. The number of nitrogens with two attached hydrogens (primary N) is 2. The predicted octanol–water partition coefficient (Wildman–Crippen LogP) is -5.32. The van der Waals surface area contributed by atoms with Crippen molar-refractivity contribution in [1.82, 2.24) is 20.1 Å². The van der Waals surface area contributed by atoms with Gasteiger partial charge in [0.05, 0.1) is 13.1 Å². The summed E-state index contributed by atoms with van der Waals surface area (Å²) in [5.41, 5.74) is 9.77. The number of fused-ring (bicyclic) bond motifs is 1. The molecule has 0 aliphatic carbocycles. The normalized spacial score (nSPS) is 25.3. The maximum absolute atomic E-state index is 14.3. The van der Waals surface area contributed by atoms with Crippen molar-refractivity contribution in [3.05, 3.63) is 29.6 Å². The minimum Gasteiger partial charge on any atom is -1.00 e. The molecule has 3 heterocycles. The maximum Gasteiger partial charge on any atom is 1.00 e. The Morgan fingerprint density at radius 2 is 1.95 bits per heavy atom. The number of carboxylic acid groups (broad SMARTS) is 1. The number of urea groups is 1. The number of carboxylic acids is 1. The molecule has 8 N–H and O–H groups in total. The van der Waals surface area contributed by atoms with Gasteiger partial charge >= 0.3 is 41.6 Å². The number of amides is 4. The molecule has 0 bridgehead atoms. The molecule has 0 spiro atoms. The number of hydrogen-bond acceptors (Lipinski definition) is 9. The summed E-state index contributed by atoms with van der Waals surface area (Å²) in [6, 6.07) is -0.0855. The van der Waals surface area contributed by atoms with Crippen molar-refractivity contribution in [3.8, 4) is 5.75 Å². The second-order valence-corrected chi connectivity index (χ2v) is 11.1. The van der Waals surface area contributed by atoms with Gasteiger partial charge in [0, 0.05) is 18.2 Å². The average Bonchev–Trinajstić information content (AvgIpc) is 3.32. The van der Waals surface area contributed by atoms with E-state index in [1.807, 2.05) is 0 Å². The number of carbonyl (C=O) groups excluding carboxylic acids is 3. The fraction of sp³-hybridized carbons (Fsp3) is 0.389. The fourth-order valence-corrected chi connectivity index (χ4v) is 6.78. The Labute approximate surface area is 241 Å². The van der Waals surface area contributed by atoms with Crippen LogP contribution in [0.2, 0.25) is 0 Å². The number of nitrogens with zero attached hydrogens (tertiary/aromatic N) is 4. The van der Waals surface area contributed by atoms with E-state index >= 15 is 0 Å². The summed E-state index contributed by atoms with van der Waals surface area (Å²) in [5.74, 6) is -6.03. The Kier molecular flexibility index (Phi) is 8.11. The molecule has 0 aromatic heterocycles. The van der Waals surface area contributed by atoms with Crippen LogP contribution in [0.15, 0.2) is 23.3 Å². The van der Waals surface area contributed by atoms with Gasteiger partial charge in [-0.25, -0.2) is 19.0 Å². The minimum atomic E-state index is -5.25. The molecule has 3 saturated heterocycles. The molecule has 4 rings (SSSR count). The number of aromatic hydroxyl groups is 1. The Hall–Kier alpha value is -2.84. The first-order chi connectivity index (χ1) is 17.2. The number of hydrogen-bond donors (Lipinski definition) is 6. The van der Waals surface area contributed by atoms with Crippen LogP contribution >= 0.6 is 11.8 Å². The van der Waals surface area contributed by atoms with Crippen LogP contribution in [0.1, 0.15) is 12.2 Å². The topological polar surface area (TPSA) is 249 Å². The van der Waals surface area contributed by atoms with Crippen LogP contribution in [0.5, 0.6) is 5.75 Å². The van der Waals surface area contributed by atoms with Crippen molar-refractivity contribution >= 4 is 51.7 Å². The summed E-state index contributed by atoms with van der Waals surface area (Å²) >= 11 is 0.651. The summed E-state index contributed by atoms with van der Waals surface area (Å²) < 4.78 is 47.7. The van der Waals surface area contributed by atoms with Crippen molar-refractivity contribution in [2.24, 2.45) is 16.6 Å². The number of phenolic OH excluding ortho intramolecular Hbond substituents is 1. The van der Waals surface area contributed by atoms with Crippen LogP contribution in [-0.2, 0) is 24.5 Å². The first-order valence-electron chi connectivity index (χ1n) is 10.3. The van der Waals surface area contributed by atoms with Gasteiger partial charge in [0.2, 0.25) is 22.6 Å². The van der Waals surface area contributed by atoms with Crippen molar-refractivity contribution in [3.63, 3.8) is 0 Å². The number of nitrogens with one attached hydrogen (secondary N) is 1. The molecule has 16 nitrogen and oxygen atoms in total. The average molecular weight is 586 g/mol. The van der Waals surface area contributed by atoms with Gasteiger partial charge in [-0.2, -0.15) is 8.42 Å². The van der Waals surface area contributed by atoms with Crippen LogP contribution < -0.4 is 46.3 Å². The number of rotatable bonds is 7. The molecule has 202 valence electrons. The van der Waals surface area contributed by atoms with E-state index in [1.54, 1.807) is 0 Å². The minimum absolute atomic E-state index is 0. The maximum atomic E-state index is 14.3. The first kappa shape index (κ1) is 29.7. The molecule has 1 unspecified atom stereocenters. The third-order valence-electron chi connectivity index (χ3n) is 5.94. The predicted molar refractivity (Wildman–Crippen MR) is 123 cm³/mol. The molecule has 0 saturated carbocycles. The number of thioether (sulfide) groups is 1. The summed E-state index contributed by atoms with van der Waals surface area (Å²) in [6.45, 7) is -0.608. The number of benzene rings is 1. The number of carbonyl (C=O) groups is 4. The standard InChI is InChI=1S/C18H20FN7O9S2.Na.H/c19-9-5-7(27)1-2-8(9)11(37(33,34)35)12(28)22-10-13(29)24-6-18(15(30)31,36-14(10)24)25-3-4-26(17(25)32)23-16(20)21;;/h1-2,5,10-11,14,27H,3-4,6H2,(H,22,28)(H,30,31)(H4,20,21,23)(H,33,34,35);;/q;+1;-1/t10-,11?,14-,18-;;/m1../s1. The van der Waals surface area contributed by atoms with Crippen molar-refractivity contribution < 1.29 is 77.7 Å². The van der Waals surface area contributed by atoms with E-state index in [4.69, 9.17) is 11.5 Å². The molecule has 3 aliphatic rings. The van der Waals surface area contributed by atoms with E-state index in [0.717, 1.165) is 26.9 Å². The van der Waals surface area contributed by atoms with Crippen molar-refractivity contribution in [1.29, 1.82) is 0 Å². The van der Waals surface area contributed by atoms with E-state index in [9.17, 15) is 46.8 Å². The number of halogens is 1. The molecule has 38 heavy (non-hydrogen) atoms. The van der Waals surface area contributed by atoms with Gasteiger partial charge in [0.25, 0.3) is 10.1 Å². The quantitative estimate of drug-likeness (QED) is 0.0577. The number of phenols is 1. The molecular weight excluding hydrogens is 564 g/mol. The zero-order chi connectivity index (χ0) is 27.4.